The number of hydrogen-bond donors (Lipinski definition) is 0. The Balaban J connectivity index is 1.68. The standard InChI is InChI=1S/C19H21BrN2O3/c1-12-8-15(5-7-17(12)20)22-10-14(9-18(22)23)19(24)21(3)11-16-6-4-13(2)25-16/h4-8,14H,9-11H2,1-3H3. The van der Waals surface area contributed by atoms with Gasteiger partial charge >= 0.3 is 0 Å². The Kier molecular flexibility index (Phi) is 4.99. The lowest BCUT2D eigenvalue weighted by Crippen LogP contribution is -2.34. The Morgan fingerprint density at radius 2 is 2.08 bits per heavy atom. The van der Waals surface area contributed by atoms with Crippen molar-refractivity contribution in [3.8, 4) is 0 Å². The fourth-order valence-corrected chi connectivity index (χ4v) is 3.36. The monoisotopic (exact) mass is 404 g/mol. The highest BCUT2D eigenvalue weighted by molar-refractivity contribution is 9.10. The second-order valence-electron chi connectivity index (χ2n) is 6.55. The third-order valence-electron chi connectivity index (χ3n) is 4.49. The summed E-state index contributed by atoms with van der Waals surface area (Å²) in [5.74, 6) is 1.21. The maximum absolute atomic E-state index is 12.7. The quantitative estimate of drug-likeness (QED) is 0.780. The van der Waals surface area contributed by atoms with Crippen molar-refractivity contribution < 1.29 is 14.0 Å². The van der Waals surface area contributed by atoms with E-state index < -0.39 is 0 Å². The Bertz CT molecular complexity index is 815. The van der Waals surface area contributed by atoms with E-state index in [4.69, 9.17) is 4.42 Å². The molecule has 1 fully saturated rings. The Labute approximate surface area is 155 Å². The number of halogens is 1. The van der Waals surface area contributed by atoms with Crippen LogP contribution in [0, 0.1) is 19.8 Å². The van der Waals surface area contributed by atoms with Crippen LogP contribution in [0.2, 0.25) is 0 Å². The molecule has 1 unspecified atom stereocenters. The van der Waals surface area contributed by atoms with E-state index in [1.54, 1.807) is 16.8 Å². The van der Waals surface area contributed by atoms with Crippen LogP contribution >= 0.6 is 15.9 Å². The van der Waals surface area contributed by atoms with E-state index in [0.29, 0.717) is 13.1 Å². The number of anilines is 1. The minimum atomic E-state index is -0.322. The van der Waals surface area contributed by atoms with Crippen molar-refractivity contribution in [2.24, 2.45) is 5.92 Å². The highest BCUT2D eigenvalue weighted by atomic mass is 79.9. The Morgan fingerprint density at radius 3 is 2.72 bits per heavy atom. The molecule has 132 valence electrons. The van der Waals surface area contributed by atoms with E-state index in [-0.39, 0.29) is 24.2 Å². The normalized spacial score (nSPS) is 17.2. The molecule has 0 radical (unpaired) electrons. The van der Waals surface area contributed by atoms with Crippen LogP contribution in [-0.4, -0.2) is 30.3 Å². The first kappa shape index (κ1) is 17.7. The molecule has 1 atom stereocenters. The molecule has 0 aliphatic carbocycles. The molecular weight excluding hydrogens is 384 g/mol. The summed E-state index contributed by atoms with van der Waals surface area (Å²) in [7, 11) is 1.75. The van der Waals surface area contributed by atoms with E-state index in [1.807, 2.05) is 44.2 Å². The smallest absolute Gasteiger partial charge is 0.228 e. The maximum atomic E-state index is 12.7. The molecule has 2 aromatic rings. The predicted octanol–water partition coefficient (Wildman–Crippen LogP) is 3.67. The summed E-state index contributed by atoms with van der Waals surface area (Å²) < 4.78 is 6.53. The second-order valence-corrected chi connectivity index (χ2v) is 7.40. The van der Waals surface area contributed by atoms with Gasteiger partial charge in [-0.1, -0.05) is 15.9 Å². The Hall–Kier alpha value is -2.08. The summed E-state index contributed by atoms with van der Waals surface area (Å²) in [5.41, 5.74) is 1.90. The highest BCUT2D eigenvalue weighted by Gasteiger charge is 2.36. The zero-order chi connectivity index (χ0) is 18.1. The first-order chi connectivity index (χ1) is 11.8. The highest BCUT2D eigenvalue weighted by Crippen LogP contribution is 2.29. The lowest BCUT2D eigenvalue weighted by molar-refractivity contribution is -0.135. The van der Waals surface area contributed by atoms with Crippen molar-refractivity contribution >= 4 is 33.4 Å². The van der Waals surface area contributed by atoms with Crippen LogP contribution in [0.4, 0.5) is 5.69 Å². The predicted molar refractivity (Wildman–Crippen MR) is 99.3 cm³/mol. The van der Waals surface area contributed by atoms with Gasteiger partial charge in [0, 0.05) is 30.2 Å². The van der Waals surface area contributed by atoms with Crippen LogP contribution in [0.15, 0.2) is 39.2 Å². The van der Waals surface area contributed by atoms with Crippen LogP contribution in [-0.2, 0) is 16.1 Å². The first-order valence-corrected chi connectivity index (χ1v) is 9.01. The fourth-order valence-electron chi connectivity index (χ4n) is 3.11. The van der Waals surface area contributed by atoms with Crippen molar-refractivity contribution in [2.75, 3.05) is 18.5 Å². The number of nitrogens with zero attached hydrogens (tertiary/aromatic N) is 2. The van der Waals surface area contributed by atoms with Gasteiger partial charge in [-0.2, -0.15) is 0 Å². The van der Waals surface area contributed by atoms with Gasteiger partial charge in [0.1, 0.15) is 11.5 Å². The molecule has 0 saturated carbocycles. The molecular formula is C19H21BrN2O3. The van der Waals surface area contributed by atoms with Gasteiger partial charge in [0.05, 0.1) is 12.5 Å². The molecule has 1 aliphatic rings. The van der Waals surface area contributed by atoms with Gasteiger partial charge in [-0.3, -0.25) is 9.59 Å². The molecule has 1 saturated heterocycles. The molecule has 0 spiro atoms. The van der Waals surface area contributed by atoms with Crippen molar-refractivity contribution in [3.05, 3.63) is 51.9 Å². The van der Waals surface area contributed by atoms with Crippen LogP contribution < -0.4 is 4.90 Å². The third-order valence-corrected chi connectivity index (χ3v) is 5.38. The van der Waals surface area contributed by atoms with Crippen LogP contribution in [0.5, 0.6) is 0 Å². The summed E-state index contributed by atoms with van der Waals surface area (Å²) in [4.78, 5) is 28.4. The minimum Gasteiger partial charge on any atom is -0.464 e. The third kappa shape index (κ3) is 3.79. The van der Waals surface area contributed by atoms with Crippen LogP contribution in [0.3, 0.4) is 0 Å². The SMILES string of the molecule is Cc1ccc(CN(C)C(=O)C2CC(=O)N(c3ccc(Br)c(C)c3)C2)o1. The topological polar surface area (TPSA) is 53.8 Å². The van der Waals surface area contributed by atoms with Gasteiger partial charge in [0.15, 0.2) is 0 Å². The number of carbonyl (C=O) groups excluding carboxylic acids is 2. The largest absolute Gasteiger partial charge is 0.464 e. The minimum absolute atomic E-state index is 0.0117. The first-order valence-electron chi connectivity index (χ1n) is 8.22. The lowest BCUT2D eigenvalue weighted by atomic mass is 10.1. The van der Waals surface area contributed by atoms with Crippen molar-refractivity contribution in [1.29, 1.82) is 0 Å². The summed E-state index contributed by atoms with van der Waals surface area (Å²) in [6, 6.07) is 9.54. The summed E-state index contributed by atoms with van der Waals surface area (Å²) >= 11 is 3.47. The van der Waals surface area contributed by atoms with Gasteiger partial charge in [-0.25, -0.2) is 0 Å². The molecule has 25 heavy (non-hydrogen) atoms. The zero-order valence-electron chi connectivity index (χ0n) is 14.6. The van der Waals surface area contributed by atoms with Crippen molar-refractivity contribution in [3.63, 3.8) is 0 Å². The molecule has 3 rings (SSSR count). The van der Waals surface area contributed by atoms with E-state index >= 15 is 0 Å². The molecule has 0 N–H and O–H groups in total. The zero-order valence-corrected chi connectivity index (χ0v) is 16.2. The van der Waals surface area contributed by atoms with Gasteiger partial charge < -0.3 is 14.2 Å². The lowest BCUT2D eigenvalue weighted by Gasteiger charge is -2.21. The molecule has 2 heterocycles. The summed E-state index contributed by atoms with van der Waals surface area (Å²) in [6.07, 6.45) is 0.246. The summed E-state index contributed by atoms with van der Waals surface area (Å²) in [5, 5.41) is 0. The van der Waals surface area contributed by atoms with E-state index in [2.05, 4.69) is 15.9 Å². The fraction of sp³-hybridized carbons (Fsp3) is 0.368. The van der Waals surface area contributed by atoms with Gasteiger partial charge in [-0.15, -0.1) is 0 Å². The molecule has 1 aromatic heterocycles. The van der Waals surface area contributed by atoms with Crippen LogP contribution in [0.1, 0.15) is 23.5 Å². The molecule has 0 bridgehead atoms. The number of furan rings is 1. The van der Waals surface area contributed by atoms with E-state index in [9.17, 15) is 9.59 Å². The number of amides is 2. The number of rotatable bonds is 4. The average Bonchev–Trinajstić information content (AvgIpc) is 3.15. The second kappa shape index (κ2) is 7.04. The molecule has 2 amide bonds. The number of benzene rings is 1. The van der Waals surface area contributed by atoms with Gasteiger partial charge in [-0.05, 0) is 49.7 Å². The molecule has 6 heteroatoms. The molecule has 5 nitrogen and oxygen atoms in total. The Morgan fingerprint density at radius 1 is 1.32 bits per heavy atom. The van der Waals surface area contributed by atoms with Gasteiger partial charge in [0.2, 0.25) is 11.8 Å². The van der Waals surface area contributed by atoms with E-state index in [0.717, 1.165) is 27.2 Å². The van der Waals surface area contributed by atoms with E-state index in [1.165, 1.54) is 0 Å². The van der Waals surface area contributed by atoms with Crippen LogP contribution in [0.25, 0.3) is 0 Å². The van der Waals surface area contributed by atoms with Gasteiger partial charge in [0.25, 0.3) is 0 Å². The molecule has 1 aliphatic heterocycles. The molecule has 1 aromatic carbocycles. The number of carbonyl (C=O) groups is 2. The number of aryl methyl sites for hydroxylation is 2. The maximum Gasteiger partial charge on any atom is 0.228 e. The van der Waals surface area contributed by atoms with Crippen molar-refractivity contribution in [2.45, 2.75) is 26.8 Å². The summed E-state index contributed by atoms with van der Waals surface area (Å²) in [6.45, 7) is 4.68. The van der Waals surface area contributed by atoms with Crippen molar-refractivity contribution in [1.82, 2.24) is 4.90 Å². The average molecular weight is 405 g/mol. The number of hydrogen-bond acceptors (Lipinski definition) is 3.